The lowest BCUT2D eigenvalue weighted by Crippen LogP contribution is -2.34. The van der Waals surface area contributed by atoms with E-state index in [9.17, 15) is 4.79 Å². The van der Waals surface area contributed by atoms with Gasteiger partial charge in [0.25, 0.3) is 0 Å². The van der Waals surface area contributed by atoms with Gasteiger partial charge in [-0.05, 0) is 36.1 Å². The molecule has 0 atom stereocenters. The van der Waals surface area contributed by atoms with Gasteiger partial charge < -0.3 is 9.47 Å². The first-order valence-electron chi connectivity index (χ1n) is 9.46. The quantitative estimate of drug-likeness (QED) is 0.458. The molecule has 1 aliphatic heterocycles. The highest BCUT2D eigenvalue weighted by Crippen LogP contribution is 2.42. The monoisotopic (exact) mass is 405 g/mol. The Bertz CT molecular complexity index is 1090. The van der Waals surface area contributed by atoms with E-state index in [1.165, 1.54) is 0 Å². The molecule has 0 aliphatic carbocycles. The predicted molar refractivity (Wildman–Crippen MR) is 114 cm³/mol. The Balaban J connectivity index is 1.67. The molecule has 0 spiro atoms. The normalized spacial score (nSPS) is 14.6. The number of aromatic nitrogens is 3. The second-order valence-corrected chi connectivity index (χ2v) is 7.61. The summed E-state index contributed by atoms with van der Waals surface area (Å²) in [6.07, 6.45) is 4.38. The molecule has 0 radical (unpaired) electrons. The van der Waals surface area contributed by atoms with Crippen LogP contribution >= 0.6 is 11.6 Å². The smallest absolute Gasteiger partial charge is 0.210 e. The van der Waals surface area contributed by atoms with Gasteiger partial charge in [-0.25, -0.2) is 4.85 Å². The highest BCUT2D eigenvalue weighted by Gasteiger charge is 2.26. The van der Waals surface area contributed by atoms with Gasteiger partial charge in [0, 0.05) is 37.3 Å². The molecule has 0 N–H and O–H groups in total. The number of aldehydes is 1. The van der Waals surface area contributed by atoms with E-state index in [-0.39, 0.29) is 0 Å². The zero-order chi connectivity index (χ0) is 20.4. The lowest BCUT2D eigenvalue weighted by Gasteiger charge is -2.35. The first-order valence-corrected chi connectivity index (χ1v) is 9.84. The molecule has 1 fully saturated rings. The Morgan fingerprint density at radius 1 is 1.24 bits per heavy atom. The van der Waals surface area contributed by atoms with E-state index in [1.54, 1.807) is 18.5 Å². The van der Waals surface area contributed by atoms with E-state index >= 15 is 0 Å². The third-order valence-electron chi connectivity index (χ3n) is 5.50. The van der Waals surface area contributed by atoms with Gasteiger partial charge in [-0.3, -0.25) is 4.79 Å². The van der Waals surface area contributed by atoms with Gasteiger partial charge in [-0.2, -0.15) is 0 Å². The number of halogens is 1. The van der Waals surface area contributed by atoms with E-state index in [1.807, 2.05) is 35.9 Å². The molecule has 0 unspecified atom stereocenters. The minimum Gasteiger partial charge on any atom is -0.380 e. The molecular formula is C22H20ClN5O. The number of piperidine rings is 1. The summed E-state index contributed by atoms with van der Waals surface area (Å²) in [6.45, 7) is 9.32. The van der Waals surface area contributed by atoms with Crippen molar-refractivity contribution < 1.29 is 4.79 Å². The van der Waals surface area contributed by atoms with Crippen molar-refractivity contribution in [2.24, 2.45) is 7.05 Å². The SMILES string of the molecule is [C-]#[N+]c1cccc(-c2ccc(C=O)c(Cl)c2)c1N1CCC(c2nncn2C)CC1. The van der Waals surface area contributed by atoms with E-state index in [2.05, 4.69) is 19.9 Å². The molecule has 0 amide bonds. The summed E-state index contributed by atoms with van der Waals surface area (Å²) >= 11 is 6.26. The fourth-order valence-corrected chi connectivity index (χ4v) is 4.23. The number of carbonyl (C=O) groups is 1. The van der Waals surface area contributed by atoms with Crippen LogP contribution < -0.4 is 4.90 Å². The lowest BCUT2D eigenvalue weighted by molar-refractivity contribution is 0.112. The molecular weight excluding hydrogens is 386 g/mol. The molecule has 2 aromatic carbocycles. The number of para-hydroxylation sites is 1. The Hall–Kier alpha value is -3.17. The van der Waals surface area contributed by atoms with Crippen LogP contribution in [0.5, 0.6) is 0 Å². The fourth-order valence-electron chi connectivity index (χ4n) is 4.00. The highest BCUT2D eigenvalue weighted by molar-refractivity contribution is 6.33. The molecule has 29 heavy (non-hydrogen) atoms. The minimum atomic E-state index is 0.364. The van der Waals surface area contributed by atoms with Crippen LogP contribution in [0.2, 0.25) is 5.02 Å². The van der Waals surface area contributed by atoms with Crippen molar-refractivity contribution in [1.82, 2.24) is 14.8 Å². The number of hydrogen-bond donors (Lipinski definition) is 0. The fraction of sp³-hybridized carbons (Fsp3) is 0.273. The largest absolute Gasteiger partial charge is 0.380 e. The molecule has 4 rings (SSSR count). The molecule has 1 aromatic heterocycles. The molecule has 0 saturated carbocycles. The summed E-state index contributed by atoms with van der Waals surface area (Å²) in [5.74, 6) is 1.38. The van der Waals surface area contributed by atoms with Crippen LogP contribution in [-0.2, 0) is 7.05 Å². The summed E-state index contributed by atoms with van der Waals surface area (Å²) in [7, 11) is 1.97. The van der Waals surface area contributed by atoms with Crippen molar-refractivity contribution in [3.63, 3.8) is 0 Å². The van der Waals surface area contributed by atoms with Crippen molar-refractivity contribution >= 4 is 29.3 Å². The van der Waals surface area contributed by atoms with Gasteiger partial charge >= 0.3 is 0 Å². The van der Waals surface area contributed by atoms with Crippen LogP contribution in [0.25, 0.3) is 16.0 Å². The first-order chi connectivity index (χ1) is 14.1. The molecule has 7 heteroatoms. The van der Waals surface area contributed by atoms with E-state index < -0.39 is 0 Å². The molecule has 3 aromatic rings. The number of benzene rings is 2. The van der Waals surface area contributed by atoms with Crippen molar-refractivity contribution in [3.8, 4) is 11.1 Å². The number of nitrogens with zero attached hydrogens (tertiary/aromatic N) is 5. The van der Waals surface area contributed by atoms with Crippen LogP contribution in [0, 0.1) is 6.57 Å². The number of rotatable bonds is 4. The van der Waals surface area contributed by atoms with Crippen molar-refractivity contribution in [3.05, 3.63) is 70.6 Å². The summed E-state index contributed by atoms with van der Waals surface area (Å²) < 4.78 is 1.98. The van der Waals surface area contributed by atoms with E-state index in [0.717, 1.165) is 54.9 Å². The summed E-state index contributed by atoms with van der Waals surface area (Å²) in [6, 6.07) is 11.1. The lowest BCUT2D eigenvalue weighted by atomic mass is 9.93. The number of hydrogen-bond acceptors (Lipinski definition) is 4. The zero-order valence-electron chi connectivity index (χ0n) is 16.0. The molecule has 0 bridgehead atoms. The molecule has 2 heterocycles. The van der Waals surface area contributed by atoms with Gasteiger partial charge in [0.1, 0.15) is 12.2 Å². The molecule has 1 aliphatic rings. The maximum atomic E-state index is 11.1. The average Bonchev–Trinajstić information content (AvgIpc) is 3.19. The van der Waals surface area contributed by atoms with Gasteiger partial charge in [0.15, 0.2) is 6.29 Å². The van der Waals surface area contributed by atoms with Gasteiger partial charge in [-0.1, -0.05) is 35.9 Å². The van der Waals surface area contributed by atoms with E-state index in [0.29, 0.717) is 22.2 Å². The first kappa shape index (κ1) is 19.2. The zero-order valence-corrected chi connectivity index (χ0v) is 16.8. The average molecular weight is 406 g/mol. The van der Waals surface area contributed by atoms with Crippen LogP contribution in [0.4, 0.5) is 11.4 Å². The molecule has 146 valence electrons. The second-order valence-electron chi connectivity index (χ2n) is 7.20. The topological polar surface area (TPSA) is 55.4 Å². The van der Waals surface area contributed by atoms with Crippen LogP contribution in [0.1, 0.15) is 34.9 Å². The Kier molecular flexibility index (Phi) is 5.32. The Morgan fingerprint density at radius 3 is 2.66 bits per heavy atom. The van der Waals surface area contributed by atoms with Crippen LogP contribution in [0.15, 0.2) is 42.7 Å². The Labute approximate surface area is 174 Å². The van der Waals surface area contributed by atoms with E-state index in [4.69, 9.17) is 18.2 Å². The summed E-state index contributed by atoms with van der Waals surface area (Å²) in [5.41, 5.74) is 3.86. The Morgan fingerprint density at radius 2 is 2.03 bits per heavy atom. The van der Waals surface area contributed by atoms with Gasteiger partial charge in [0.05, 0.1) is 11.6 Å². The maximum Gasteiger partial charge on any atom is 0.210 e. The number of carbonyl (C=O) groups excluding carboxylic acids is 1. The van der Waals surface area contributed by atoms with Gasteiger partial charge in [0.2, 0.25) is 5.69 Å². The third kappa shape index (κ3) is 3.62. The van der Waals surface area contributed by atoms with Gasteiger partial charge in [-0.15, -0.1) is 10.2 Å². The maximum absolute atomic E-state index is 11.1. The number of aryl methyl sites for hydroxylation is 1. The predicted octanol–water partition coefficient (Wildman–Crippen LogP) is 4.88. The molecule has 6 nitrogen and oxygen atoms in total. The van der Waals surface area contributed by atoms with Crippen molar-refractivity contribution in [1.29, 1.82) is 0 Å². The van der Waals surface area contributed by atoms with Crippen molar-refractivity contribution in [2.75, 3.05) is 18.0 Å². The number of anilines is 1. The minimum absolute atomic E-state index is 0.364. The summed E-state index contributed by atoms with van der Waals surface area (Å²) in [4.78, 5) is 17.1. The van der Waals surface area contributed by atoms with Crippen molar-refractivity contribution in [2.45, 2.75) is 18.8 Å². The van der Waals surface area contributed by atoms with Crippen LogP contribution in [-0.4, -0.2) is 34.1 Å². The second kappa shape index (κ2) is 8.06. The standard InChI is InChI=1S/C22H20ClN5O/c1-24-20-5-3-4-18(16-6-7-17(13-29)19(23)12-16)21(20)28-10-8-15(9-11-28)22-26-25-14-27(22)2/h3-7,12-15H,8-11H2,2H3. The third-order valence-corrected chi connectivity index (χ3v) is 5.82. The highest BCUT2D eigenvalue weighted by atomic mass is 35.5. The molecule has 1 saturated heterocycles. The summed E-state index contributed by atoms with van der Waals surface area (Å²) in [5, 5.41) is 8.68. The van der Waals surface area contributed by atoms with Crippen LogP contribution in [0.3, 0.4) is 0 Å².